The molecule has 1 aliphatic rings. The van der Waals surface area contributed by atoms with Crippen LogP contribution in [0.5, 0.6) is 0 Å². The van der Waals surface area contributed by atoms with E-state index in [9.17, 15) is 4.79 Å². The quantitative estimate of drug-likeness (QED) is 0.626. The van der Waals surface area contributed by atoms with E-state index in [1.807, 2.05) is 13.8 Å². The van der Waals surface area contributed by atoms with E-state index < -0.39 is 0 Å². The van der Waals surface area contributed by atoms with Crippen LogP contribution in [0.1, 0.15) is 39.5 Å². The monoisotopic (exact) mass is 168 g/mol. The molecule has 0 spiro atoms. The molecule has 0 aromatic rings. The van der Waals surface area contributed by atoms with Crippen LogP contribution in [0.4, 0.5) is 0 Å². The van der Waals surface area contributed by atoms with Crippen molar-refractivity contribution in [2.75, 3.05) is 0 Å². The molecule has 12 heavy (non-hydrogen) atoms. The highest BCUT2D eigenvalue weighted by Gasteiger charge is 2.09. The molecule has 0 aromatic heterocycles. The Morgan fingerprint density at radius 3 is 2.50 bits per heavy atom. The van der Waals surface area contributed by atoms with Crippen molar-refractivity contribution in [2.24, 2.45) is 11.0 Å². The van der Waals surface area contributed by atoms with Gasteiger partial charge < -0.3 is 0 Å². The number of nitrogens with zero attached hydrogens (tertiary/aromatic N) is 1. The normalized spacial score (nSPS) is 16.8. The molecule has 1 N–H and O–H groups in total. The van der Waals surface area contributed by atoms with E-state index in [1.165, 1.54) is 12.8 Å². The van der Waals surface area contributed by atoms with Crippen LogP contribution in [-0.2, 0) is 4.79 Å². The molecule has 0 bridgehead atoms. The van der Waals surface area contributed by atoms with Crippen molar-refractivity contribution in [1.82, 2.24) is 5.43 Å². The van der Waals surface area contributed by atoms with Crippen molar-refractivity contribution in [1.29, 1.82) is 0 Å². The fraction of sp³-hybridized carbons (Fsp3) is 0.778. The number of hydrazone groups is 1. The Bertz CT molecular complexity index is 189. The van der Waals surface area contributed by atoms with E-state index in [0.717, 1.165) is 18.6 Å². The molecule has 0 unspecified atom stereocenters. The number of nitrogens with one attached hydrogen (secondary N) is 1. The summed E-state index contributed by atoms with van der Waals surface area (Å²) in [4.78, 5) is 11.1. The van der Waals surface area contributed by atoms with Crippen LogP contribution >= 0.6 is 0 Å². The van der Waals surface area contributed by atoms with Crippen molar-refractivity contribution in [3.05, 3.63) is 0 Å². The summed E-state index contributed by atoms with van der Waals surface area (Å²) in [5.74, 6) is 0.0325. The van der Waals surface area contributed by atoms with Gasteiger partial charge in [-0.3, -0.25) is 4.79 Å². The van der Waals surface area contributed by atoms with Crippen molar-refractivity contribution in [2.45, 2.75) is 39.5 Å². The molecule has 0 aliphatic heterocycles. The lowest BCUT2D eigenvalue weighted by Crippen LogP contribution is -2.23. The zero-order valence-electron chi connectivity index (χ0n) is 7.76. The SMILES string of the molecule is CC(C)C(=O)NN=C1CCCC1. The van der Waals surface area contributed by atoms with Gasteiger partial charge in [0.05, 0.1) is 0 Å². The Labute approximate surface area is 73.2 Å². The first-order valence-corrected chi connectivity index (χ1v) is 4.55. The molecular weight excluding hydrogens is 152 g/mol. The maximum atomic E-state index is 11.1. The second-order valence-corrected chi connectivity index (χ2v) is 3.52. The van der Waals surface area contributed by atoms with E-state index in [1.54, 1.807) is 0 Å². The molecule has 0 radical (unpaired) electrons. The summed E-state index contributed by atoms with van der Waals surface area (Å²) in [6, 6.07) is 0. The number of carbonyl (C=O) groups is 1. The third-order valence-electron chi connectivity index (χ3n) is 2.03. The molecule has 0 aromatic carbocycles. The maximum Gasteiger partial charge on any atom is 0.242 e. The fourth-order valence-corrected chi connectivity index (χ4v) is 1.16. The van der Waals surface area contributed by atoms with Gasteiger partial charge in [-0.2, -0.15) is 5.10 Å². The van der Waals surface area contributed by atoms with Crippen molar-refractivity contribution in [3.63, 3.8) is 0 Å². The second-order valence-electron chi connectivity index (χ2n) is 3.52. The smallest absolute Gasteiger partial charge is 0.242 e. The number of rotatable bonds is 2. The maximum absolute atomic E-state index is 11.1. The molecular formula is C9H16N2O. The van der Waals surface area contributed by atoms with Crippen LogP contribution in [0.25, 0.3) is 0 Å². The third kappa shape index (κ3) is 2.64. The summed E-state index contributed by atoms with van der Waals surface area (Å²) in [5.41, 5.74) is 3.72. The van der Waals surface area contributed by atoms with E-state index >= 15 is 0 Å². The highest BCUT2D eigenvalue weighted by atomic mass is 16.2. The van der Waals surface area contributed by atoms with Crippen molar-refractivity contribution in [3.8, 4) is 0 Å². The first-order valence-electron chi connectivity index (χ1n) is 4.55. The molecule has 1 aliphatic carbocycles. The fourth-order valence-electron chi connectivity index (χ4n) is 1.16. The highest BCUT2D eigenvalue weighted by Crippen LogP contribution is 2.13. The van der Waals surface area contributed by atoms with Crippen molar-refractivity contribution >= 4 is 11.6 Å². The Morgan fingerprint density at radius 1 is 1.42 bits per heavy atom. The van der Waals surface area contributed by atoms with Gasteiger partial charge in [0.15, 0.2) is 0 Å². The number of amides is 1. The molecule has 1 saturated carbocycles. The number of hydrogen-bond acceptors (Lipinski definition) is 2. The zero-order valence-corrected chi connectivity index (χ0v) is 7.76. The molecule has 1 rings (SSSR count). The van der Waals surface area contributed by atoms with Crippen LogP contribution in [0.3, 0.4) is 0 Å². The largest absolute Gasteiger partial charge is 0.273 e. The summed E-state index contributed by atoms with van der Waals surface area (Å²) in [6.07, 6.45) is 4.55. The summed E-state index contributed by atoms with van der Waals surface area (Å²) in [6.45, 7) is 3.73. The van der Waals surface area contributed by atoms with Gasteiger partial charge in [0.25, 0.3) is 0 Å². The average Bonchev–Trinajstić information content (AvgIpc) is 2.51. The Hall–Kier alpha value is -0.860. The average molecular weight is 168 g/mol. The van der Waals surface area contributed by atoms with Gasteiger partial charge in [-0.1, -0.05) is 13.8 Å². The predicted molar refractivity (Wildman–Crippen MR) is 48.9 cm³/mol. The summed E-state index contributed by atoms with van der Waals surface area (Å²) < 4.78 is 0. The van der Waals surface area contributed by atoms with Gasteiger partial charge in [-0.15, -0.1) is 0 Å². The second kappa shape index (κ2) is 4.24. The lowest BCUT2D eigenvalue weighted by molar-refractivity contribution is -0.123. The Morgan fingerprint density at radius 2 is 2.00 bits per heavy atom. The van der Waals surface area contributed by atoms with Crippen LogP contribution in [0.15, 0.2) is 5.10 Å². The van der Waals surface area contributed by atoms with Crippen LogP contribution in [-0.4, -0.2) is 11.6 Å². The van der Waals surface area contributed by atoms with E-state index in [2.05, 4.69) is 10.5 Å². The van der Waals surface area contributed by atoms with Crippen LogP contribution in [0.2, 0.25) is 0 Å². The molecule has 1 amide bonds. The molecule has 3 heteroatoms. The van der Waals surface area contributed by atoms with E-state index in [4.69, 9.17) is 0 Å². The minimum atomic E-state index is 0.00870. The van der Waals surface area contributed by atoms with Crippen LogP contribution < -0.4 is 5.43 Å². The summed E-state index contributed by atoms with van der Waals surface area (Å²) in [7, 11) is 0. The lowest BCUT2D eigenvalue weighted by Gasteiger charge is -2.02. The topological polar surface area (TPSA) is 41.5 Å². The van der Waals surface area contributed by atoms with Crippen LogP contribution in [0, 0.1) is 5.92 Å². The van der Waals surface area contributed by atoms with E-state index in [-0.39, 0.29) is 11.8 Å². The lowest BCUT2D eigenvalue weighted by atomic mass is 10.2. The van der Waals surface area contributed by atoms with E-state index in [0.29, 0.717) is 0 Å². The molecule has 0 atom stereocenters. The highest BCUT2D eigenvalue weighted by molar-refractivity contribution is 5.87. The zero-order chi connectivity index (χ0) is 8.97. The summed E-state index contributed by atoms with van der Waals surface area (Å²) in [5, 5.41) is 4.06. The van der Waals surface area contributed by atoms with Crippen molar-refractivity contribution < 1.29 is 4.79 Å². The van der Waals surface area contributed by atoms with Gasteiger partial charge >= 0.3 is 0 Å². The minimum Gasteiger partial charge on any atom is -0.273 e. The third-order valence-corrected chi connectivity index (χ3v) is 2.03. The predicted octanol–water partition coefficient (Wildman–Crippen LogP) is 1.69. The Balaban J connectivity index is 2.32. The molecule has 0 saturated heterocycles. The molecule has 3 nitrogen and oxygen atoms in total. The van der Waals surface area contributed by atoms with Gasteiger partial charge in [0.1, 0.15) is 0 Å². The standard InChI is InChI=1S/C9H16N2O/c1-7(2)9(12)11-10-8-5-3-4-6-8/h7H,3-6H2,1-2H3,(H,11,12). The number of hydrogen-bond donors (Lipinski definition) is 1. The molecule has 0 heterocycles. The summed E-state index contributed by atoms with van der Waals surface area (Å²) >= 11 is 0. The first-order chi connectivity index (χ1) is 5.70. The number of carbonyl (C=O) groups excluding carboxylic acids is 1. The molecule has 68 valence electrons. The molecule has 1 fully saturated rings. The first kappa shape index (κ1) is 9.23. The van der Waals surface area contributed by atoms with Gasteiger partial charge in [0, 0.05) is 11.6 Å². The Kier molecular flexibility index (Phi) is 3.26. The van der Waals surface area contributed by atoms with Gasteiger partial charge in [0.2, 0.25) is 5.91 Å². The van der Waals surface area contributed by atoms with Gasteiger partial charge in [-0.25, -0.2) is 5.43 Å². The minimum absolute atomic E-state index is 0.00870. The van der Waals surface area contributed by atoms with Gasteiger partial charge in [-0.05, 0) is 25.7 Å².